The van der Waals surface area contributed by atoms with Crippen molar-refractivity contribution in [3.8, 4) is 0 Å². The van der Waals surface area contributed by atoms with Gasteiger partial charge in [-0.25, -0.2) is 14.6 Å². The minimum absolute atomic E-state index is 0.0515. The van der Waals surface area contributed by atoms with Crippen molar-refractivity contribution in [2.24, 2.45) is 5.16 Å². The molecule has 1 atom stereocenters. The largest absolute Gasteiger partial charge is 0.478 e. The van der Waals surface area contributed by atoms with Crippen LogP contribution >= 0.6 is 11.3 Å². The van der Waals surface area contributed by atoms with E-state index in [0.717, 1.165) is 16.7 Å². The van der Waals surface area contributed by atoms with Gasteiger partial charge in [-0.3, -0.25) is 0 Å². The highest BCUT2D eigenvalue weighted by Gasteiger charge is 2.37. The molecule has 4 rings (SSSR count). The van der Waals surface area contributed by atoms with Crippen LogP contribution in [0.4, 0.5) is 5.13 Å². The number of anilines is 1. The molecule has 182 valence electrons. The highest BCUT2D eigenvalue weighted by molar-refractivity contribution is 7.14. The molecule has 3 N–H and O–H groups in total. The van der Waals surface area contributed by atoms with Crippen LogP contribution < -0.4 is 5.32 Å². The average Bonchev–Trinajstić information content (AvgIpc) is 3.36. The molecule has 0 saturated carbocycles. The van der Waals surface area contributed by atoms with Crippen LogP contribution in [0.1, 0.15) is 29.3 Å². The Balaban J connectivity index is 1.82. The van der Waals surface area contributed by atoms with Crippen LogP contribution in [0, 0.1) is 0 Å². The molecule has 0 aliphatic rings. The fraction of sp³-hybridized carbons (Fsp3) is 0.111. The topological polar surface area (TPSA) is 121 Å². The number of oxime groups is 1. The van der Waals surface area contributed by atoms with E-state index in [4.69, 9.17) is 9.94 Å². The summed E-state index contributed by atoms with van der Waals surface area (Å²) in [4.78, 5) is 32.2. The Morgan fingerprint density at radius 2 is 1.36 bits per heavy atom. The van der Waals surface area contributed by atoms with Crippen LogP contribution in [0.2, 0.25) is 0 Å². The van der Waals surface area contributed by atoms with Crippen LogP contribution in [0.15, 0.2) is 102 Å². The molecule has 1 aromatic heterocycles. The zero-order chi connectivity index (χ0) is 25.5. The van der Waals surface area contributed by atoms with Gasteiger partial charge >= 0.3 is 11.9 Å². The molecule has 1 unspecified atom stereocenters. The van der Waals surface area contributed by atoms with Gasteiger partial charge in [0.25, 0.3) is 0 Å². The van der Waals surface area contributed by atoms with Gasteiger partial charge in [0.2, 0.25) is 11.8 Å². The number of nitrogens with one attached hydrogen (secondary N) is 1. The Bertz CT molecular complexity index is 1260. The van der Waals surface area contributed by atoms with Gasteiger partial charge in [-0.05, 0) is 23.6 Å². The second kappa shape index (κ2) is 10.8. The van der Waals surface area contributed by atoms with Crippen molar-refractivity contribution in [2.75, 3.05) is 5.32 Å². The first-order valence-corrected chi connectivity index (χ1v) is 11.9. The molecule has 8 nitrogen and oxygen atoms in total. The standard InChI is InChI=1S/C27H23N3O5S/c1-18(24(31)32)35-30-23(25(33)34)22-17-36-26(28-22)29-27(19-11-5-2-6-12-19,20-13-7-3-8-14-20)21-15-9-4-10-16-21/h2-18H,1H3,(H,28,29)(H,31,32)(H,33,34). The van der Waals surface area contributed by atoms with Gasteiger partial charge in [0.1, 0.15) is 11.2 Å². The first-order valence-electron chi connectivity index (χ1n) is 11.0. The van der Waals surface area contributed by atoms with Gasteiger partial charge in [-0.15, -0.1) is 11.3 Å². The number of aromatic nitrogens is 1. The summed E-state index contributed by atoms with van der Waals surface area (Å²) < 4.78 is 0. The fourth-order valence-electron chi connectivity index (χ4n) is 3.75. The smallest absolute Gasteiger partial charge is 0.360 e. The molecule has 36 heavy (non-hydrogen) atoms. The van der Waals surface area contributed by atoms with Gasteiger partial charge in [0, 0.05) is 5.38 Å². The highest BCUT2D eigenvalue weighted by Crippen LogP contribution is 2.40. The minimum Gasteiger partial charge on any atom is -0.478 e. The van der Waals surface area contributed by atoms with Gasteiger partial charge in [-0.2, -0.15) is 0 Å². The third kappa shape index (κ3) is 5.11. The van der Waals surface area contributed by atoms with Crippen molar-refractivity contribution in [3.63, 3.8) is 0 Å². The molecule has 0 radical (unpaired) electrons. The van der Waals surface area contributed by atoms with Crippen LogP contribution in [0.5, 0.6) is 0 Å². The Kier molecular flexibility index (Phi) is 7.41. The Morgan fingerprint density at radius 3 is 1.78 bits per heavy atom. The third-order valence-corrected chi connectivity index (χ3v) is 6.27. The summed E-state index contributed by atoms with van der Waals surface area (Å²) in [5.74, 6) is -2.65. The fourth-order valence-corrected chi connectivity index (χ4v) is 4.50. The van der Waals surface area contributed by atoms with Gasteiger partial charge in [0.05, 0.1) is 0 Å². The predicted octanol–water partition coefficient (Wildman–Crippen LogP) is 4.83. The maximum absolute atomic E-state index is 11.8. The summed E-state index contributed by atoms with van der Waals surface area (Å²) in [6.07, 6.45) is -1.31. The van der Waals surface area contributed by atoms with Crippen LogP contribution in [-0.4, -0.2) is 39.0 Å². The second-order valence-electron chi connectivity index (χ2n) is 7.84. The molecule has 0 aliphatic carbocycles. The number of aliphatic carboxylic acids is 2. The van der Waals surface area contributed by atoms with E-state index in [1.807, 2.05) is 91.0 Å². The van der Waals surface area contributed by atoms with Gasteiger partial charge in [0.15, 0.2) is 5.13 Å². The molecular formula is C27H23N3O5S. The maximum atomic E-state index is 11.8. The van der Waals surface area contributed by atoms with E-state index in [1.165, 1.54) is 23.6 Å². The van der Waals surface area contributed by atoms with Crippen molar-refractivity contribution in [3.05, 3.63) is 119 Å². The number of benzene rings is 3. The quantitative estimate of drug-likeness (QED) is 0.162. The molecule has 0 aliphatic heterocycles. The molecule has 0 spiro atoms. The summed E-state index contributed by atoms with van der Waals surface area (Å²) in [7, 11) is 0. The van der Waals surface area contributed by atoms with E-state index in [0.29, 0.717) is 5.13 Å². The average molecular weight is 502 g/mol. The van der Waals surface area contributed by atoms with Crippen LogP contribution in [0.25, 0.3) is 0 Å². The Morgan fingerprint density at radius 1 is 0.889 bits per heavy atom. The van der Waals surface area contributed by atoms with Crippen molar-refractivity contribution in [1.82, 2.24) is 4.98 Å². The van der Waals surface area contributed by atoms with Crippen molar-refractivity contribution >= 4 is 34.1 Å². The first-order chi connectivity index (χ1) is 17.4. The zero-order valence-electron chi connectivity index (χ0n) is 19.2. The Labute approximate surface area is 211 Å². The molecule has 0 amide bonds. The van der Waals surface area contributed by atoms with Gasteiger partial charge in [-0.1, -0.05) is 96.2 Å². The molecule has 3 aromatic carbocycles. The third-order valence-electron chi connectivity index (χ3n) is 5.51. The number of thiazole rings is 1. The summed E-state index contributed by atoms with van der Waals surface area (Å²) >= 11 is 1.21. The van der Waals surface area contributed by atoms with Crippen molar-refractivity contribution in [1.29, 1.82) is 0 Å². The minimum atomic E-state index is -1.38. The number of rotatable bonds is 10. The van der Waals surface area contributed by atoms with E-state index >= 15 is 0 Å². The molecular weight excluding hydrogens is 478 g/mol. The molecule has 0 fully saturated rings. The lowest BCUT2D eigenvalue weighted by atomic mass is 9.77. The predicted molar refractivity (Wildman–Crippen MR) is 137 cm³/mol. The van der Waals surface area contributed by atoms with E-state index in [2.05, 4.69) is 15.5 Å². The van der Waals surface area contributed by atoms with E-state index in [-0.39, 0.29) is 5.69 Å². The lowest BCUT2D eigenvalue weighted by molar-refractivity contribution is -0.149. The molecule has 0 saturated heterocycles. The van der Waals surface area contributed by atoms with E-state index in [1.54, 1.807) is 0 Å². The molecule has 9 heteroatoms. The number of hydrogen-bond donors (Lipinski definition) is 3. The van der Waals surface area contributed by atoms with E-state index in [9.17, 15) is 14.7 Å². The number of carboxylic acid groups (broad SMARTS) is 2. The maximum Gasteiger partial charge on any atom is 0.360 e. The summed E-state index contributed by atoms with van der Waals surface area (Å²) in [5, 5.41) is 27.7. The zero-order valence-corrected chi connectivity index (χ0v) is 20.1. The van der Waals surface area contributed by atoms with E-state index < -0.39 is 29.3 Å². The highest BCUT2D eigenvalue weighted by atomic mass is 32.1. The van der Waals surface area contributed by atoms with Crippen molar-refractivity contribution in [2.45, 2.75) is 18.6 Å². The monoisotopic (exact) mass is 501 g/mol. The second-order valence-corrected chi connectivity index (χ2v) is 8.70. The van der Waals surface area contributed by atoms with Crippen molar-refractivity contribution < 1.29 is 24.6 Å². The Hall–Kier alpha value is -4.50. The summed E-state index contributed by atoms with van der Waals surface area (Å²) in [5.41, 5.74) is 1.61. The van der Waals surface area contributed by atoms with Gasteiger partial charge < -0.3 is 20.4 Å². The summed E-state index contributed by atoms with van der Waals surface area (Å²) in [6, 6.07) is 29.7. The first kappa shape index (κ1) is 24.6. The summed E-state index contributed by atoms with van der Waals surface area (Å²) in [6.45, 7) is 1.26. The number of carboxylic acids is 2. The molecule has 4 aromatic rings. The number of hydrogen-bond acceptors (Lipinski definition) is 7. The molecule has 0 bridgehead atoms. The number of carbonyl (C=O) groups is 2. The molecule has 1 heterocycles. The SMILES string of the molecule is CC(ON=C(C(=O)O)c1csc(NC(c2ccccc2)(c2ccccc2)c2ccccc2)n1)C(=O)O. The lowest BCUT2D eigenvalue weighted by Crippen LogP contribution is -2.38. The van der Waals surface area contributed by atoms with Crippen LogP contribution in [0.3, 0.4) is 0 Å². The number of nitrogens with zero attached hydrogens (tertiary/aromatic N) is 2. The van der Waals surface area contributed by atoms with Crippen LogP contribution in [-0.2, 0) is 20.0 Å². The normalized spacial score (nSPS) is 12.5. The lowest BCUT2D eigenvalue weighted by Gasteiger charge is -2.36.